The molecule has 5 nitrogen and oxygen atoms in total. The summed E-state index contributed by atoms with van der Waals surface area (Å²) in [6.07, 6.45) is 3.93. The van der Waals surface area contributed by atoms with E-state index in [-0.39, 0.29) is 11.4 Å². The second kappa shape index (κ2) is 5.05. The van der Waals surface area contributed by atoms with E-state index >= 15 is 0 Å². The third-order valence-corrected chi connectivity index (χ3v) is 5.14. The normalized spacial score (nSPS) is 18.1. The van der Waals surface area contributed by atoms with Crippen LogP contribution >= 0.6 is 0 Å². The molecule has 1 fully saturated rings. The molecule has 0 bridgehead atoms. The molecule has 5 heteroatoms. The first-order valence-corrected chi connectivity index (χ1v) is 8.03. The van der Waals surface area contributed by atoms with Crippen LogP contribution in [0, 0.1) is 0 Å². The van der Waals surface area contributed by atoms with Crippen LogP contribution in [-0.4, -0.2) is 35.6 Å². The van der Waals surface area contributed by atoms with Crippen molar-refractivity contribution < 1.29 is 9.53 Å². The van der Waals surface area contributed by atoms with Crippen molar-refractivity contribution in [3.05, 3.63) is 42.2 Å². The zero-order chi connectivity index (χ0) is 16.0. The van der Waals surface area contributed by atoms with E-state index in [1.54, 1.807) is 14.0 Å². The standard InChI is InChI=1S/C18H21N3O2/c1-13(22)20-10-7-18(8-11-20)17-4-3-9-21(17)16-6-5-14(23-2)12-15(16)19-18/h3-6,9,12,19H,7-8,10-11H2,1-2H3. The molecule has 0 radical (unpaired) electrons. The van der Waals surface area contributed by atoms with Gasteiger partial charge in [-0.1, -0.05) is 0 Å². The molecular formula is C18H21N3O2. The van der Waals surface area contributed by atoms with Gasteiger partial charge in [0.25, 0.3) is 0 Å². The van der Waals surface area contributed by atoms with Gasteiger partial charge in [0.2, 0.25) is 5.91 Å². The Hall–Kier alpha value is -2.43. The molecule has 1 N–H and O–H groups in total. The monoisotopic (exact) mass is 311 g/mol. The van der Waals surface area contributed by atoms with Crippen molar-refractivity contribution >= 4 is 11.6 Å². The Morgan fingerprint density at radius 3 is 2.74 bits per heavy atom. The summed E-state index contributed by atoms with van der Waals surface area (Å²) in [4.78, 5) is 13.6. The maximum atomic E-state index is 11.6. The number of anilines is 1. The zero-order valence-electron chi connectivity index (χ0n) is 13.5. The maximum absolute atomic E-state index is 11.6. The summed E-state index contributed by atoms with van der Waals surface area (Å²) < 4.78 is 7.63. The fourth-order valence-electron chi connectivity index (χ4n) is 3.84. The Balaban J connectivity index is 1.75. The lowest BCUT2D eigenvalue weighted by Crippen LogP contribution is -2.50. The first-order valence-electron chi connectivity index (χ1n) is 8.03. The van der Waals surface area contributed by atoms with Crippen molar-refractivity contribution in [1.82, 2.24) is 9.47 Å². The summed E-state index contributed by atoms with van der Waals surface area (Å²) in [5, 5.41) is 3.75. The van der Waals surface area contributed by atoms with Gasteiger partial charge in [0.1, 0.15) is 5.75 Å². The number of likely N-dealkylation sites (tertiary alicyclic amines) is 1. The lowest BCUT2D eigenvalue weighted by Gasteiger charge is -2.46. The second-order valence-corrected chi connectivity index (χ2v) is 6.36. The third kappa shape index (κ3) is 2.11. The highest BCUT2D eigenvalue weighted by Crippen LogP contribution is 2.44. The number of fused-ring (bicyclic) bond motifs is 4. The predicted octanol–water partition coefficient (Wildman–Crippen LogP) is 2.75. The van der Waals surface area contributed by atoms with E-state index in [0.29, 0.717) is 0 Å². The van der Waals surface area contributed by atoms with Crippen LogP contribution in [0.4, 0.5) is 5.69 Å². The molecule has 2 aromatic rings. The van der Waals surface area contributed by atoms with Gasteiger partial charge in [-0.2, -0.15) is 0 Å². The average molecular weight is 311 g/mol. The molecule has 0 atom stereocenters. The first-order chi connectivity index (χ1) is 11.1. The lowest BCUT2D eigenvalue weighted by molar-refractivity contribution is -0.130. The van der Waals surface area contributed by atoms with E-state index in [9.17, 15) is 4.79 Å². The quantitative estimate of drug-likeness (QED) is 0.881. The number of piperidine rings is 1. The Morgan fingerprint density at radius 2 is 2.04 bits per heavy atom. The molecule has 2 aliphatic rings. The number of nitrogens with one attached hydrogen (secondary N) is 1. The third-order valence-electron chi connectivity index (χ3n) is 5.14. The molecule has 1 spiro atoms. The van der Waals surface area contributed by atoms with Crippen LogP contribution < -0.4 is 10.1 Å². The topological polar surface area (TPSA) is 46.5 Å². The Morgan fingerprint density at radius 1 is 1.26 bits per heavy atom. The van der Waals surface area contributed by atoms with Crippen LogP contribution in [0.3, 0.4) is 0 Å². The molecule has 3 heterocycles. The molecule has 1 aromatic heterocycles. The van der Waals surface area contributed by atoms with Gasteiger partial charge in [-0.3, -0.25) is 4.79 Å². The zero-order valence-corrected chi connectivity index (χ0v) is 13.5. The predicted molar refractivity (Wildman–Crippen MR) is 89.1 cm³/mol. The Bertz CT molecular complexity index is 757. The minimum atomic E-state index is -0.116. The molecule has 2 aliphatic heterocycles. The van der Waals surface area contributed by atoms with Crippen molar-refractivity contribution in [1.29, 1.82) is 0 Å². The minimum Gasteiger partial charge on any atom is -0.497 e. The highest BCUT2D eigenvalue weighted by Gasteiger charge is 2.41. The molecule has 1 saturated heterocycles. The lowest BCUT2D eigenvalue weighted by atomic mass is 9.82. The SMILES string of the molecule is COc1ccc2c(c1)NC1(CCN(C(C)=O)CC1)c1cccn1-2. The first kappa shape index (κ1) is 14.2. The Kier molecular flexibility index (Phi) is 3.11. The molecule has 0 aliphatic carbocycles. The van der Waals surface area contributed by atoms with E-state index in [1.165, 1.54) is 5.69 Å². The van der Waals surface area contributed by atoms with Gasteiger partial charge in [-0.15, -0.1) is 0 Å². The molecule has 0 saturated carbocycles. The van der Waals surface area contributed by atoms with Crippen molar-refractivity contribution in [3.8, 4) is 11.4 Å². The number of methoxy groups -OCH3 is 1. The summed E-state index contributed by atoms with van der Waals surface area (Å²) in [7, 11) is 1.69. The van der Waals surface area contributed by atoms with Gasteiger partial charge in [0.05, 0.1) is 24.0 Å². The van der Waals surface area contributed by atoms with Crippen LogP contribution in [0.15, 0.2) is 36.5 Å². The summed E-state index contributed by atoms with van der Waals surface area (Å²) in [6.45, 7) is 3.22. The number of hydrogen-bond acceptors (Lipinski definition) is 3. The number of hydrogen-bond donors (Lipinski definition) is 1. The van der Waals surface area contributed by atoms with Crippen LogP contribution in [0.25, 0.3) is 5.69 Å². The highest BCUT2D eigenvalue weighted by molar-refractivity contribution is 5.74. The van der Waals surface area contributed by atoms with Gasteiger partial charge in [0, 0.05) is 38.0 Å². The number of rotatable bonds is 1. The number of nitrogens with zero attached hydrogens (tertiary/aromatic N) is 2. The number of carbonyl (C=O) groups is 1. The van der Waals surface area contributed by atoms with Gasteiger partial charge in [-0.05, 0) is 37.1 Å². The second-order valence-electron chi connectivity index (χ2n) is 6.36. The largest absolute Gasteiger partial charge is 0.497 e. The molecule has 1 amide bonds. The van der Waals surface area contributed by atoms with Gasteiger partial charge in [0.15, 0.2) is 0 Å². The van der Waals surface area contributed by atoms with Crippen LogP contribution in [0.2, 0.25) is 0 Å². The van der Waals surface area contributed by atoms with E-state index in [4.69, 9.17) is 4.74 Å². The molecule has 120 valence electrons. The fourth-order valence-corrected chi connectivity index (χ4v) is 3.84. The van der Waals surface area contributed by atoms with Crippen LogP contribution in [0.5, 0.6) is 5.75 Å². The van der Waals surface area contributed by atoms with Crippen molar-refractivity contribution in [3.63, 3.8) is 0 Å². The summed E-state index contributed by atoms with van der Waals surface area (Å²) >= 11 is 0. The number of aromatic nitrogens is 1. The molecular weight excluding hydrogens is 290 g/mol. The van der Waals surface area contributed by atoms with E-state index in [0.717, 1.165) is 43.1 Å². The minimum absolute atomic E-state index is 0.116. The van der Waals surface area contributed by atoms with Crippen molar-refractivity contribution in [2.24, 2.45) is 0 Å². The number of benzene rings is 1. The van der Waals surface area contributed by atoms with Gasteiger partial charge in [-0.25, -0.2) is 0 Å². The highest BCUT2D eigenvalue weighted by atomic mass is 16.5. The average Bonchev–Trinajstić information content (AvgIpc) is 3.06. The van der Waals surface area contributed by atoms with Crippen molar-refractivity contribution in [2.45, 2.75) is 25.3 Å². The van der Waals surface area contributed by atoms with E-state index < -0.39 is 0 Å². The van der Waals surface area contributed by atoms with Gasteiger partial charge >= 0.3 is 0 Å². The van der Waals surface area contributed by atoms with E-state index in [1.807, 2.05) is 11.0 Å². The van der Waals surface area contributed by atoms with E-state index in [2.05, 4.69) is 40.3 Å². The maximum Gasteiger partial charge on any atom is 0.219 e. The summed E-state index contributed by atoms with van der Waals surface area (Å²) in [6, 6.07) is 10.4. The smallest absolute Gasteiger partial charge is 0.219 e. The Labute approximate surface area is 135 Å². The number of ether oxygens (including phenoxy) is 1. The summed E-state index contributed by atoms with van der Waals surface area (Å²) in [5.74, 6) is 1.01. The molecule has 0 unspecified atom stereocenters. The fraction of sp³-hybridized carbons (Fsp3) is 0.389. The van der Waals surface area contributed by atoms with Gasteiger partial charge < -0.3 is 19.5 Å². The number of amides is 1. The summed E-state index contributed by atoms with van der Waals surface area (Å²) in [5.41, 5.74) is 3.39. The molecule has 1 aromatic carbocycles. The molecule has 23 heavy (non-hydrogen) atoms. The van der Waals surface area contributed by atoms with Crippen LogP contribution in [-0.2, 0) is 10.3 Å². The van der Waals surface area contributed by atoms with Crippen LogP contribution in [0.1, 0.15) is 25.5 Å². The molecule has 4 rings (SSSR count). The van der Waals surface area contributed by atoms with Crippen molar-refractivity contribution in [2.75, 3.05) is 25.5 Å². The number of carbonyl (C=O) groups excluding carboxylic acids is 1.